The van der Waals surface area contributed by atoms with E-state index in [4.69, 9.17) is 0 Å². The maximum Gasteiger partial charge on any atom is 0.337 e. The first kappa shape index (κ1) is 11.0. The molecule has 0 radical (unpaired) electrons. The van der Waals surface area contributed by atoms with Gasteiger partial charge < -0.3 is 10.0 Å². The summed E-state index contributed by atoms with van der Waals surface area (Å²) in [4.78, 5) is 13.4. The van der Waals surface area contributed by atoms with E-state index in [9.17, 15) is 9.90 Å². The predicted molar refractivity (Wildman–Crippen MR) is 64.2 cm³/mol. The Morgan fingerprint density at radius 2 is 2.25 bits per heavy atom. The standard InChI is InChI=1S/C13H17NO2/c1-9(2)8-14-7-6-10-4-3-5-11(12(10)14)13(15)16/h3-5,9H,6-8H2,1-2H3,(H,15,16). The number of fused-ring (bicyclic) bond motifs is 1. The number of hydrogen-bond donors (Lipinski definition) is 1. The van der Waals surface area contributed by atoms with Gasteiger partial charge >= 0.3 is 5.97 Å². The fourth-order valence-electron chi connectivity index (χ4n) is 2.33. The van der Waals surface area contributed by atoms with Crippen LogP contribution in [0.4, 0.5) is 5.69 Å². The molecular formula is C13H17NO2. The fourth-order valence-corrected chi connectivity index (χ4v) is 2.33. The van der Waals surface area contributed by atoms with Crippen molar-refractivity contribution in [1.29, 1.82) is 0 Å². The molecule has 0 spiro atoms. The zero-order chi connectivity index (χ0) is 11.7. The van der Waals surface area contributed by atoms with Gasteiger partial charge in [-0.3, -0.25) is 0 Å². The molecule has 0 amide bonds. The minimum Gasteiger partial charge on any atom is -0.478 e. The van der Waals surface area contributed by atoms with E-state index in [2.05, 4.69) is 18.7 Å². The minimum atomic E-state index is -0.826. The molecule has 1 aromatic rings. The fraction of sp³-hybridized carbons (Fsp3) is 0.462. The summed E-state index contributed by atoms with van der Waals surface area (Å²) in [5.41, 5.74) is 2.54. The summed E-state index contributed by atoms with van der Waals surface area (Å²) >= 11 is 0. The number of carbonyl (C=O) groups is 1. The second-order valence-electron chi connectivity index (χ2n) is 4.71. The monoisotopic (exact) mass is 219 g/mol. The van der Waals surface area contributed by atoms with Crippen LogP contribution < -0.4 is 4.90 Å². The van der Waals surface area contributed by atoms with Crippen molar-refractivity contribution in [2.24, 2.45) is 5.92 Å². The van der Waals surface area contributed by atoms with E-state index in [0.29, 0.717) is 11.5 Å². The summed E-state index contributed by atoms with van der Waals surface area (Å²) in [6.07, 6.45) is 0.961. The van der Waals surface area contributed by atoms with Crippen molar-refractivity contribution in [3.8, 4) is 0 Å². The second-order valence-corrected chi connectivity index (χ2v) is 4.71. The van der Waals surface area contributed by atoms with Crippen molar-refractivity contribution in [2.75, 3.05) is 18.0 Å². The highest BCUT2D eigenvalue weighted by molar-refractivity contribution is 5.96. The maximum atomic E-state index is 11.2. The van der Waals surface area contributed by atoms with Crippen LogP contribution in [0.25, 0.3) is 0 Å². The molecule has 0 unspecified atom stereocenters. The molecule has 86 valence electrons. The average Bonchev–Trinajstić information content (AvgIpc) is 2.60. The molecule has 1 heterocycles. The van der Waals surface area contributed by atoms with Crippen LogP contribution in [0.2, 0.25) is 0 Å². The number of hydrogen-bond acceptors (Lipinski definition) is 2. The van der Waals surface area contributed by atoms with Crippen molar-refractivity contribution in [3.63, 3.8) is 0 Å². The van der Waals surface area contributed by atoms with E-state index < -0.39 is 5.97 Å². The first-order chi connectivity index (χ1) is 7.59. The summed E-state index contributed by atoms with van der Waals surface area (Å²) in [5.74, 6) is -0.277. The molecule has 0 saturated carbocycles. The average molecular weight is 219 g/mol. The van der Waals surface area contributed by atoms with Crippen molar-refractivity contribution >= 4 is 11.7 Å². The first-order valence-electron chi connectivity index (χ1n) is 5.69. The van der Waals surface area contributed by atoms with Crippen LogP contribution in [-0.2, 0) is 6.42 Å². The van der Waals surface area contributed by atoms with Gasteiger partial charge in [0.2, 0.25) is 0 Å². The molecule has 2 rings (SSSR count). The molecule has 3 nitrogen and oxygen atoms in total. The van der Waals surface area contributed by atoms with E-state index in [1.165, 1.54) is 5.56 Å². The van der Waals surface area contributed by atoms with Crippen molar-refractivity contribution in [3.05, 3.63) is 29.3 Å². The van der Waals surface area contributed by atoms with Crippen molar-refractivity contribution in [2.45, 2.75) is 20.3 Å². The van der Waals surface area contributed by atoms with Crippen LogP contribution in [0, 0.1) is 5.92 Å². The van der Waals surface area contributed by atoms with Gasteiger partial charge in [0.15, 0.2) is 0 Å². The maximum absolute atomic E-state index is 11.2. The Balaban J connectivity index is 2.39. The van der Waals surface area contributed by atoms with Gasteiger partial charge in [0.05, 0.1) is 11.3 Å². The number of benzene rings is 1. The number of rotatable bonds is 3. The molecule has 1 aliphatic rings. The Labute approximate surface area is 95.7 Å². The molecule has 16 heavy (non-hydrogen) atoms. The second kappa shape index (κ2) is 4.16. The third kappa shape index (κ3) is 1.90. The zero-order valence-corrected chi connectivity index (χ0v) is 9.73. The molecule has 3 heteroatoms. The van der Waals surface area contributed by atoms with Gasteiger partial charge in [-0.2, -0.15) is 0 Å². The van der Waals surface area contributed by atoms with Gasteiger partial charge in [-0.25, -0.2) is 4.79 Å². The number of carboxylic acids is 1. The van der Waals surface area contributed by atoms with Gasteiger partial charge in [0.1, 0.15) is 0 Å². The number of para-hydroxylation sites is 1. The van der Waals surface area contributed by atoms with E-state index in [1.807, 2.05) is 12.1 Å². The number of nitrogens with zero attached hydrogens (tertiary/aromatic N) is 1. The Kier molecular flexibility index (Phi) is 2.86. The Hall–Kier alpha value is -1.51. The van der Waals surface area contributed by atoms with Crippen LogP contribution in [0.5, 0.6) is 0 Å². The lowest BCUT2D eigenvalue weighted by molar-refractivity contribution is 0.0697. The van der Waals surface area contributed by atoms with Crippen LogP contribution in [0.15, 0.2) is 18.2 Å². The first-order valence-corrected chi connectivity index (χ1v) is 5.69. The molecular weight excluding hydrogens is 202 g/mol. The van der Waals surface area contributed by atoms with E-state index in [0.717, 1.165) is 25.2 Å². The normalized spacial score (nSPS) is 14.3. The molecule has 0 bridgehead atoms. The van der Waals surface area contributed by atoms with E-state index >= 15 is 0 Å². The molecule has 0 aliphatic carbocycles. The van der Waals surface area contributed by atoms with Crippen LogP contribution in [-0.4, -0.2) is 24.2 Å². The molecule has 1 aliphatic heterocycles. The molecule has 0 saturated heterocycles. The largest absolute Gasteiger partial charge is 0.478 e. The predicted octanol–water partition coefficient (Wildman–Crippen LogP) is 2.40. The highest BCUT2D eigenvalue weighted by Gasteiger charge is 2.24. The van der Waals surface area contributed by atoms with Gasteiger partial charge in [0, 0.05) is 13.1 Å². The summed E-state index contributed by atoms with van der Waals surface area (Å²) in [5, 5.41) is 9.17. The van der Waals surface area contributed by atoms with Crippen molar-refractivity contribution < 1.29 is 9.90 Å². The van der Waals surface area contributed by atoms with E-state index in [1.54, 1.807) is 6.07 Å². The molecule has 0 atom stereocenters. The quantitative estimate of drug-likeness (QED) is 0.848. The van der Waals surface area contributed by atoms with Crippen LogP contribution >= 0.6 is 0 Å². The molecule has 1 aromatic carbocycles. The zero-order valence-electron chi connectivity index (χ0n) is 9.73. The van der Waals surface area contributed by atoms with Crippen LogP contribution in [0.3, 0.4) is 0 Å². The lowest BCUT2D eigenvalue weighted by Gasteiger charge is -2.23. The number of carboxylic acid groups (broad SMARTS) is 1. The SMILES string of the molecule is CC(C)CN1CCc2cccc(C(=O)O)c21. The molecule has 1 N–H and O–H groups in total. The Morgan fingerprint density at radius 3 is 2.88 bits per heavy atom. The van der Waals surface area contributed by atoms with E-state index in [-0.39, 0.29) is 0 Å². The summed E-state index contributed by atoms with van der Waals surface area (Å²) < 4.78 is 0. The summed E-state index contributed by atoms with van der Waals surface area (Å²) in [6, 6.07) is 5.56. The molecule has 0 aromatic heterocycles. The Morgan fingerprint density at radius 1 is 1.50 bits per heavy atom. The highest BCUT2D eigenvalue weighted by atomic mass is 16.4. The smallest absolute Gasteiger partial charge is 0.337 e. The third-order valence-corrected chi connectivity index (χ3v) is 2.90. The highest BCUT2D eigenvalue weighted by Crippen LogP contribution is 2.32. The molecule has 0 fully saturated rings. The van der Waals surface area contributed by atoms with Crippen LogP contribution in [0.1, 0.15) is 29.8 Å². The number of anilines is 1. The summed E-state index contributed by atoms with van der Waals surface area (Å²) in [6.45, 7) is 6.18. The Bertz CT molecular complexity index is 412. The van der Waals surface area contributed by atoms with Gasteiger partial charge in [-0.15, -0.1) is 0 Å². The van der Waals surface area contributed by atoms with Gasteiger partial charge in [0.25, 0.3) is 0 Å². The van der Waals surface area contributed by atoms with Gasteiger partial charge in [-0.1, -0.05) is 26.0 Å². The van der Waals surface area contributed by atoms with Crippen molar-refractivity contribution in [1.82, 2.24) is 0 Å². The third-order valence-electron chi connectivity index (χ3n) is 2.90. The lowest BCUT2D eigenvalue weighted by Crippen LogP contribution is -2.26. The summed E-state index contributed by atoms with van der Waals surface area (Å²) in [7, 11) is 0. The minimum absolute atomic E-state index is 0.440. The number of aromatic carboxylic acids is 1. The topological polar surface area (TPSA) is 40.5 Å². The van der Waals surface area contributed by atoms with Gasteiger partial charge in [-0.05, 0) is 24.0 Å². The lowest BCUT2D eigenvalue weighted by atomic mass is 10.1.